The Morgan fingerprint density at radius 2 is 1.77 bits per heavy atom. The molecular formula is C23H23ClN4O3. The lowest BCUT2D eigenvalue weighted by molar-refractivity contribution is -0.133. The van der Waals surface area contributed by atoms with Crippen LogP contribution in [0.15, 0.2) is 60.9 Å². The third kappa shape index (κ3) is 5.24. The molecular weight excluding hydrogens is 416 g/mol. The number of aromatic nitrogens is 2. The number of rotatable bonds is 6. The SMILES string of the molecule is COc1cccc(-c2cc(N3CCN(C(=O)COc4ccc(Cl)cc4)CC3)ncn2)c1. The van der Waals surface area contributed by atoms with Crippen LogP contribution in [0.5, 0.6) is 11.5 Å². The monoisotopic (exact) mass is 438 g/mol. The summed E-state index contributed by atoms with van der Waals surface area (Å²) in [6, 6.07) is 16.7. The van der Waals surface area contributed by atoms with E-state index in [4.69, 9.17) is 21.1 Å². The molecule has 1 saturated heterocycles. The second-order valence-electron chi connectivity index (χ2n) is 7.10. The standard InChI is InChI=1S/C23H23ClN4O3/c1-30-20-4-2-3-17(13-20)21-14-22(26-16-25-21)27-9-11-28(12-10-27)23(29)15-31-19-7-5-18(24)6-8-19/h2-8,13-14,16H,9-12,15H2,1H3. The molecule has 0 bridgehead atoms. The Morgan fingerprint density at radius 1 is 1.00 bits per heavy atom. The van der Waals surface area contributed by atoms with E-state index in [-0.39, 0.29) is 12.5 Å². The van der Waals surface area contributed by atoms with Crippen molar-refractivity contribution in [1.82, 2.24) is 14.9 Å². The number of piperazine rings is 1. The number of amides is 1. The second kappa shape index (κ2) is 9.66. The van der Waals surface area contributed by atoms with Gasteiger partial charge in [-0.2, -0.15) is 0 Å². The zero-order valence-electron chi connectivity index (χ0n) is 17.2. The van der Waals surface area contributed by atoms with Gasteiger partial charge in [-0.25, -0.2) is 9.97 Å². The quantitative estimate of drug-likeness (QED) is 0.586. The molecule has 4 rings (SSSR count). The number of methoxy groups -OCH3 is 1. The molecule has 1 aromatic heterocycles. The molecule has 2 heterocycles. The van der Waals surface area contributed by atoms with E-state index in [1.165, 1.54) is 0 Å². The number of carbonyl (C=O) groups excluding carboxylic acids is 1. The smallest absolute Gasteiger partial charge is 0.260 e. The predicted octanol–water partition coefficient (Wildman–Crippen LogP) is 3.53. The zero-order valence-corrected chi connectivity index (χ0v) is 18.0. The fraction of sp³-hybridized carbons (Fsp3) is 0.261. The normalized spacial score (nSPS) is 13.7. The molecule has 160 valence electrons. The first-order valence-corrected chi connectivity index (χ1v) is 10.4. The van der Waals surface area contributed by atoms with E-state index in [1.54, 1.807) is 37.7 Å². The number of carbonyl (C=O) groups is 1. The molecule has 1 aliphatic heterocycles. The van der Waals surface area contributed by atoms with Crippen molar-refractivity contribution in [2.24, 2.45) is 0 Å². The van der Waals surface area contributed by atoms with Gasteiger partial charge in [0.1, 0.15) is 23.6 Å². The van der Waals surface area contributed by atoms with Crippen LogP contribution in [-0.2, 0) is 4.79 Å². The summed E-state index contributed by atoms with van der Waals surface area (Å²) in [6.45, 7) is 2.63. The first kappa shape index (κ1) is 20.9. The van der Waals surface area contributed by atoms with E-state index in [9.17, 15) is 4.79 Å². The van der Waals surface area contributed by atoms with Gasteiger partial charge in [-0.05, 0) is 36.4 Å². The van der Waals surface area contributed by atoms with E-state index in [0.29, 0.717) is 37.0 Å². The number of hydrogen-bond acceptors (Lipinski definition) is 6. The molecule has 31 heavy (non-hydrogen) atoms. The first-order valence-electron chi connectivity index (χ1n) is 10.00. The Balaban J connectivity index is 1.34. The van der Waals surface area contributed by atoms with Crippen LogP contribution in [0.4, 0.5) is 5.82 Å². The number of hydrogen-bond donors (Lipinski definition) is 0. The number of halogens is 1. The van der Waals surface area contributed by atoms with E-state index < -0.39 is 0 Å². The van der Waals surface area contributed by atoms with Crippen molar-refractivity contribution in [3.63, 3.8) is 0 Å². The Labute approximate surface area is 186 Å². The third-order valence-electron chi connectivity index (χ3n) is 5.15. The topological polar surface area (TPSA) is 67.8 Å². The Hall–Kier alpha value is -3.32. The first-order chi connectivity index (χ1) is 15.1. The van der Waals surface area contributed by atoms with Crippen molar-refractivity contribution in [3.05, 3.63) is 65.9 Å². The van der Waals surface area contributed by atoms with Gasteiger partial charge in [0.15, 0.2) is 6.61 Å². The van der Waals surface area contributed by atoms with Gasteiger partial charge in [-0.15, -0.1) is 0 Å². The molecule has 0 spiro atoms. The van der Waals surface area contributed by atoms with Crippen LogP contribution in [0.2, 0.25) is 5.02 Å². The summed E-state index contributed by atoms with van der Waals surface area (Å²) in [5.74, 6) is 2.22. The molecule has 0 saturated carbocycles. The summed E-state index contributed by atoms with van der Waals surface area (Å²) in [5, 5.41) is 0.633. The second-order valence-corrected chi connectivity index (χ2v) is 7.54. The lowest BCUT2D eigenvalue weighted by atomic mass is 10.1. The van der Waals surface area contributed by atoms with Crippen LogP contribution >= 0.6 is 11.6 Å². The molecule has 0 N–H and O–H groups in total. The highest BCUT2D eigenvalue weighted by atomic mass is 35.5. The highest BCUT2D eigenvalue weighted by Crippen LogP contribution is 2.25. The summed E-state index contributed by atoms with van der Waals surface area (Å²) in [5.41, 5.74) is 1.80. The largest absolute Gasteiger partial charge is 0.497 e. The van der Waals surface area contributed by atoms with Gasteiger partial charge in [0.05, 0.1) is 12.8 Å². The summed E-state index contributed by atoms with van der Waals surface area (Å²) in [4.78, 5) is 25.3. The minimum absolute atomic E-state index is 0.00906. The average molecular weight is 439 g/mol. The van der Waals surface area contributed by atoms with E-state index in [2.05, 4.69) is 14.9 Å². The third-order valence-corrected chi connectivity index (χ3v) is 5.40. The molecule has 0 radical (unpaired) electrons. The fourth-order valence-electron chi connectivity index (χ4n) is 3.41. The van der Waals surface area contributed by atoms with Crippen LogP contribution in [0.25, 0.3) is 11.3 Å². The van der Waals surface area contributed by atoms with Crippen LogP contribution in [0, 0.1) is 0 Å². The summed E-state index contributed by atoms with van der Waals surface area (Å²) in [7, 11) is 1.64. The number of anilines is 1. The van der Waals surface area contributed by atoms with Gasteiger partial charge in [0.25, 0.3) is 5.91 Å². The van der Waals surface area contributed by atoms with Crippen LogP contribution in [0.3, 0.4) is 0 Å². The van der Waals surface area contributed by atoms with E-state index in [0.717, 1.165) is 22.8 Å². The van der Waals surface area contributed by atoms with Gasteiger partial charge in [-0.3, -0.25) is 4.79 Å². The van der Waals surface area contributed by atoms with Gasteiger partial charge >= 0.3 is 0 Å². The lowest BCUT2D eigenvalue weighted by Crippen LogP contribution is -2.50. The molecule has 0 unspecified atom stereocenters. The predicted molar refractivity (Wildman–Crippen MR) is 120 cm³/mol. The molecule has 0 aliphatic carbocycles. The van der Waals surface area contributed by atoms with Crippen molar-refractivity contribution in [3.8, 4) is 22.8 Å². The lowest BCUT2D eigenvalue weighted by Gasteiger charge is -2.35. The summed E-state index contributed by atoms with van der Waals surface area (Å²) < 4.78 is 10.9. The highest BCUT2D eigenvalue weighted by molar-refractivity contribution is 6.30. The molecule has 2 aromatic carbocycles. The van der Waals surface area contributed by atoms with Crippen LogP contribution < -0.4 is 14.4 Å². The zero-order chi connectivity index (χ0) is 21.6. The van der Waals surface area contributed by atoms with Gasteiger partial charge in [0.2, 0.25) is 0 Å². The average Bonchev–Trinajstić information content (AvgIpc) is 2.84. The Morgan fingerprint density at radius 3 is 2.52 bits per heavy atom. The van der Waals surface area contributed by atoms with Gasteiger partial charge in [0, 0.05) is 42.8 Å². The van der Waals surface area contributed by atoms with E-state index >= 15 is 0 Å². The maximum absolute atomic E-state index is 12.5. The van der Waals surface area contributed by atoms with Crippen LogP contribution in [0.1, 0.15) is 0 Å². The summed E-state index contributed by atoms with van der Waals surface area (Å²) in [6.07, 6.45) is 1.57. The molecule has 1 fully saturated rings. The highest BCUT2D eigenvalue weighted by Gasteiger charge is 2.22. The molecule has 8 heteroatoms. The van der Waals surface area contributed by atoms with Crippen molar-refractivity contribution >= 4 is 23.3 Å². The maximum atomic E-state index is 12.5. The number of nitrogens with zero attached hydrogens (tertiary/aromatic N) is 4. The number of benzene rings is 2. The Bertz CT molecular complexity index is 1040. The van der Waals surface area contributed by atoms with Gasteiger partial charge < -0.3 is 19.3 Å². The van der Waals surface area contributed by atoms with Crippen molar-refractivity contribution in [1.29, 1.82) is 0 Å². The van der Waals surface area contributed by atoms with E-state index in [1.807, 2.05) is 35.2 Å². The van der Waals surface area contributed by atoms with Crippen molar-refractivity contribution in [2.75, 3.05) is 44.8 Å². The van der Waals surface area contributed by atoms with Crippen molar-refractivity contribution < 1.29 is 14.3 Å². The molecule has 0 atom stereocenters. The number of ether oxygens (including phenoxy) is 2. The Kier molecular flexibility index (Phi) is 6.52. The molecule has 3 aromatic rings. The molecule has 1 amide bonds. The maximum Gasteiger partial charge on any atom is 0.260 e. The van der Waals surface area contributed by atoms with Crippen molar-refractivity contribution in [2.45, 2.75) is 0 Å². The minimum Gasteiger partial charge on any atom is -0.497 e. The molecule has 1 aliphatic rings. The minimum atomic E-state index is -0.0330. The van der Waals surface area contributed by atoms with Crippen LogP contribution in [-0.4, -0.2) is 60.7 Å². The van der Waals surface area contributed by atoms with Gasteiger partial charge in [-0.1, -0.05) is 23.7 Å². The summed E-state index contributed by atoms with van der Waals surface area (Å²) >= 11 is 5.87. The fourth-order valence-corrected chi connectivity index (χ4v) is 3.54. The molecule has 7 nitrogen and oxygen atoms in total.